The van der Waals surface area contributed by atoms with Gasteiger partial charge in [0.25, 0.3) is 0 Å². The molecule has 0 heterocycles. The fourth-order valence-corrected chi connectivity index (χ4v) is 6.13. The number of hydrogen-bond donors (Lipinski definition) is 0. The Labute approximate surface area is 140 Å². The van der Waals surface area contributed by atoms with Crippen molar-refractivity contribution in [1.29, 1.82) is 0 Å². The molecule has 0 aliphatic rings. The summed E-state index contributed by atoms with van der Waals surface area (Å²) in [6, 6.07) is 19.3. The average molecular weight is 329 g/mol. The van der Waals surface area contributed by atoms with E-state index in [0.717, 1.165) is 11.4 Å². The lowest BCUT2D eigenvalue weighted by Crippen LogP contribution is -2.45. The van der Waals surface area contributed by atoms with Gasteiger partial charge in [0.2, 0.25) is 0 Å². The van der Waals surface area contributed by atoms with Crippen LogP contribution in [0.1, 0.15) is 18.9 Å². The molecule has 0 aliphatic heterocycles. The van der Waals surface area contributed by atoms with Gasteiger partial charge in [0, 0.05) is 5.02 Å². The predicted molar refractivity (Wildman–Crippen MR) is 102 cm³/mol. The maximum atomic E-state index is 5.97. The van der Waals surface area contributed by atoms with Gasteiger partial charge < -0.3 is 0 Å². The zero-order valence-electron chi connectivity index (χ0n) is 13.7. The third kappa shape index (κ3) is 4.34. The van der Waals surface area contributed by atoms with E-state index in [1.54, 1.807) is 0 Å². The highest BCUT2D eigenvalue weighted by atomic mass is 35.5. The second-order valence-electron chi connectivity index (χ2n) is 6.39. The van der Waals surface area contributed by atoms with Crippen molar-refractivity contribution in [1.82, 2.24) is 0 Å². The van der Waals surface area contributed by atoms with Crippen LogP contribution in [-0.4, -0.2) is 8.07 Å². The Hall–Kier alpha value is -1.31. The largest absolute Gasteiger partial charge is 0.0917 e. The second-order valence-corrected chi connectivity index (χ2v) is 11.6. The van der Waals surface area contributed by atoms with Crippen LogP contribution in [0.25, 0.3) is 0 Å². The molecule has 0 saturated carbocycles. The monoisotopic (exact) mass is 328 g/mol. The summed E-state index contributed by atoms with van der Waals surface area (Å²) in [7, 11) is -1.51. The van der Waals surface area contributed by atoms with Crippen LogP contribution in [0.3, 0.4) is 0 Å². The van der Waals surface area contributed by atoms with Gasteiger partial charge in [0.15, 0.2) is 0 Å². The standard InChI is InChI=1S/C20H25ClSi/c1-4-8-19(16-13-17-11-14-18(21)15-12-17)22(2,3)20-9-6-5-7-10-20/h4-12,14-15,19H,13,16H2,1-3H3/b8-4+/t19-/m0/s1. The van der Waals surface area contributed by atoms with E-state index in [0.29, 0.717) is 5.54 Å². The van der Waals surface area contributed by atoms with Crippen molar-refractivity contribution in [3.63, 3.8) is 0 Å². The van der Waals surface area contributed by atoms with Crippen molar-refractivity contribution < 1.29 is 0 Å². The first kappa shape index (κ1) is 17.0. The lowest BCUT2D eigenvalue weighted by molar-refractivity contribution is 0.818. The first-order chi connectivity index (χ1) is 10.5. The highest BCUT2D eigenvalue weighted by Gasteiger charge is 2.31. The normalized spacial score (nSPS) is 13.5. The molecule has 116 valence electrons. The molecule has 1 atom stereocenters. The Morgan fingerprint density at radius 3 is 2.23 bits per heavy atom. The van der Waals surface area contributed by atoms with Gasteiger partial charge in [-0.05, 0) is 43.0 Å². The van der Waals surface area contributed by atoms with E-state index in [9.17, 15) is 0 Å². The summed E-state index contributed by atoms with van der Waals surface area (Å²) in [5.74, 6) is 0. The number of benzene rings is 2. The predicted octanol–water partition coefficient (Wildman–Crippen LogP) is 5.83. The van der Waals surface area contributed by atoms with Crippen LogP contribution in [0, 0.1) is 0 Å². The van der Waals surface area contributed by atoms with Crippen molar-refractivity contribution >= 4 is 24.9 Å². The molecule has 0 nitrogen and oxygen atoms in total. The van der Waals surface area contributed by atoms with Gasteiger partial charge in [-0.3, -0.25) is 0 Å². The summed E-state index contributed by atoms with van der Waals surface area (Å²) in [6.07, 6.45) is 6.93. The van der Waals surface area contributed by atoms with E-state index in [1.807, 2.05) is 12.1 Å². The van der Waals surface area contributed by atoms with E-state index >= 15 is 0 Å². The SMILES string of the molecule is C/C=C/[C@@H](CCc1ccc(Cl)cc1)[Si](C)(C)c1ccccc1. The number of rotatable bonds is 6. The Bertz CT molecular complexity index is 599. The smallest absolute Gasteiger partial charge is 0.0873 e. The molecule has 2 aromatic rings. The van der Waals surface area contributed by atoms with Crippen molar-refractivity contribution in [2.24, 2.45) is 0 Å². The van der Waals surface area contributed by atoms with Crippen LogP contribution in [0.4, 0.5) is 0 Å². The lowest BCUT2D eigenvalue weighted by Gasteiger charge is -2.31. The summed E-state index contributed by atoms with van der Waals surface area (Å²) < 4.78 is 0. The average Bonchev–Trinajstić information content (AvgIpc) is 2.53. The van der Waals surface area contributed by atoms with E-state index in [4.69, 9.17) is 11.6 Å². The quantitative estimate of drug-likeness (QED) is 0.462. The van der Waals surface area contributed by atoms with Crippen LogP contribution in [0.5, 0.6) is 0 Å². The molecule has 0 aliphatic carbocycles. The fraction of sp³-hybridized carbons (Fsp3) is 0.300. The summed E-state index contributed by atoms with van der Waals surface area (Å²) in [5.41, 5.74) is 2.02. The Balaban J connectivity index is 2.14. The van der Waals surface area contributed by atoms with Crippen LogP contribution in [-0.2, 0) is 6.42 Å². The Morgan fingerprint density at radius 2 is 1.64 bits per heavy atom. The molecule has 0 unspecified atom stereocenters. The number of allylic oxidation sites excluding steroid dienone is 2. The maximum absolute atomic E-state index is 5.97. The van der Waals surface area contributed by atoms with Gasteiger partial charge in [-0.25, -0.2) is 0 Å². The van der Waals surface area contributed by atoms with E-state index in [2.05, 4.69) is 74.6 Å². The summed E-state index contributed by atoms with van der Waals surface area (Å²) in [5, 5.41) is 2.35. The Morgan fingerprint density at radius 1 is 1.00 bits per heavy atom. The van der Waals surface area contributed by atoms with E-state index in [1.165, 1.54) is 17.2 Å². The number of hydrogen-bond acceptors (Lipinski definition) is 0. The molecule has 0 fully saturated rings. The van der Waals surface area contributed by atoms with E-state index < -0.39 is 8.07 Å². The summed E-state index contributed by atoms with van der Waals surface area (Å²) in [6.45, 7) is 7.09. The van der Waals surface area contributed by atoms with Crippen LogP contribution in [0.15, 0.2) is 66.7 Å². The summed E-state index contributed by atoms with van der Waals surface area (Å²) in [4.78, 5) is 0. The molecule has 2 rings (SSSR count). The summed E-state index contributed by atoms with van der Waals surface area (Å²) >= 11 is 5.97. The molecule has 0 radical (unpaired) electrons. The van der Waals surface area contributed by atoms with Crippen LogP contribution < -0.4 is 5.19 Å². The zero-order valence-corrected chi connectivity index (χ0v) is 15.5. The first-order valence-corrected chi connectivity index (χ1v) is 11.4. The fourth-order valence-electron chi connectivity index (χ4n) is 2.98. The molecule has 0 saturated heterocycles. The van der Waals surface area contributed by atoms with E-state index in [-0.39, 0.29) is 0 Å². The third-order valence-corrected chi connectivity index (χ3v) is 8.94. The van der Waals surface area contributed by atoms with Crippen molar-refractivity contribution in [3.8, 4) is 0 Å². The van der Waals surface area contributed by atoms with Crippen LogP contribution in [0.2, 0.25) is 23.7 Å². The third-order valence-electron chi connectivity index (χ3n) is 4.53. The van der Waals surface area contributed by atoms with Gasteiger partial charge >= 0.3 is 0 Å². The van der Waals surface area contributed by atoms with Crippen molar-refractivity contribution in [2.75, 3.05) is 0 Å². The second kappa shape index (κ2) is 7.80. The van der Waals surface area contributed by atoms with Crippen molar-refractivity contribution in [3.05, 3.63) is 77.3 Å². The van der Waals surface area contributed by atoms with Gasteiger partial charge in [-0.1, -0.05) is 84.5 Å². The van der Waals surface area contributed by atoms with Crippen LogP contribution >= 0.6 is 11.6 Å². The minimum Gasteiger partial charge on any atom is -0.0917 e. The molecule has 0 aromatic heterocycles. The van der Waals surface area contributed by atoms with Gasteiger partial charge in [0.05, 0.1) is 8.07 Å². The molecule has 0 amide bonds. The number of halogens is 1. The minimum atomic E-state index is -1.51. The Kier molecular flexibility index (Phi) is 6.04. The van der Waals surface area contributed by atoms with Gasteiger partial charge in [-0.2, -0.15) is 0 Å². The lowest BCUT2D eigenvalue weighted by atomic mass is 10.1. The zero-order chi connectivity index (χ0) is 16.0. The molecule has 0 spiro atoms. The van der Waals surface area contributed by atoms with Gasteiger partial charge in [0.1, 0.15) is 0 Å². The first-order valence-electron chi connectivity index (χ1n) is 7.97. The molecule has 2 aromatic carbocycles. The molecule has 22 heavy (non-hydrogen) atoms. The maximum Gasteiger partial charge on any atom is 0.0873 e. The number of aryl methyl sites for hydroxylation is 1. The molecule has 0 N–H and O–H groups in total. The topological polar surface area (TPSA) is 0 Å². The molecule has 0 bridgehead atoms. The van der Waals surface area contributed by atoms with Crippen molar-refractivity contribution in [2.45, 2.75) is 38.4 Å². The molecular formula is C20H25ClSi. The molecule has 2 heteroatoms. The highest BCUT2D eigenvalue weighted by Crippen LogP contribution is 2.29. The highest BCUT2D eigenvalue weighted by molar-refractivity contribution is 6.91. The molecular weight excluding hydrogens is 304 g/mol. The van der Waals surface area contributed by atoms with Gasteiger partial charge in [-0.15, -0.1) is 0 Å². The minimum absolute atomic E-state index is 0.649.